The Morgan fingerprint density at radius 3 is 2.83 bits per heavy atom. The Balaban J connectivity index is 1.41. The Kier molecular flexibility index (Phi) is 4.44. The van der Waals surface area contributed by atoms with Crippen molar-refractivity contribution in [3.8, 4) is 11.5 Å². The Morgan fingerprint density at radius 1 is 1.14 bits per heavy atom. The third kappa shape index (κ3) is 3.56. The van der Waals surface area contributed by atoms with Crippen LogP contribution in [0.3, 0.4) is 0 Å². The quantitative estimate of drug-likeness (QED) is 0.527. The highest BCUT2D eigenvalue weighted by Gasteiger charge is 2.15. The number of aryl methyl sites for hydroxylation is 2. The van der Waals surface area contributed by atoms with E-state index in [0.29, 0.717) is 35.0 Å². The van der Waals surface area contributed by atoms with E-state index < -0.39 is 0 Å². The van der Waals surface area contributed by atoms with Crippen LogP contribution in [0.2, 0.25) is 0 Å². The average Bonchev–Trinajstić information content (AvgIpc) is 3.36. The molecule has 0 amide bonds. The molecule has 0 atom stereocenters. The van der Waals surface area contributed by atoms with Gasteiger partial charge in [0, 0.05) is 11.4 Å². The van der Waals surface area contributed by atoms with E-state index in [9.17, 15) is 4.39 Å². The fourth-order valence-electron chi connectivity index (χ4n) is 3.13. The van der Waals surface area contributed by atoms with Crippen LogP contribution in [0.5, 0.6) is 11.5 Å². The standard InChI is InChI=1S/C20H16FN5O2S/c21-13-3-1-12(2-4-13)7-8-26-10-23-18(22)17-19(26)25-20(24-17)29-14-5-6-15-16(9-14)28-11-27-15/h1-6,9-10,22H,7-8,11H2,(H,24,25). The third-order valence-corrected chi connectivity index (χ3v) is 5.49. The van der Waals surface area contributed by atoms with Gasteiger partial charge in [0.15, 0.2) is 27.8 Å². The third-order valence-electron chi connectivity index (χ3n) is 4.61. The van der Waals surface area contributed by atoms with Crippen LogP contribution in [0.4, 0.5) is 4.39 Å². The molecule has 4 aromatic rings. The topological polar surface area (TPSA) is 88.8 Å². The predicted molar refractivity (Wildman–Crippen MR) is 105 cm³/mol. The fourth-order valence-corrected chi connectivity index (χ4v) is 3.94. The molecular weight excluding hydrogens is 393 g/mol. The molecule has 1 aliphatic rings. The first kappa shape index (κ1) is 17.7. The van der Waals surface area contributed by atoms with Crippen molar-refractivity contribution in [2.75, 3.05) is 6.79 Å². The molecular formula is C20H16FN5O2S. The van der Waals surface area contributed by atoms with Gasteiger partial charge in [-0.15, -0.1) is 0 Å². The van der Waals surface area contributed by atoms with Gasteiger partial charge in [-0.2, -0.15) is 0 Å². The Morgan fingerprint density at radius 2 is 1.97 bits per heavy atom. The molecule has 2 N–H and O–H groups in total. The zero-order chi connectivity index (χ0) is 19.8. The minimum absolute atomic E-state index is 0.142. The maximum atomic E-state index is 13.1. The van der Waals surface area contributed by atoms with E-state index in [0.717, 1.165) is 16.2 Å². The average molecular weight is 409 g/mol. The molecule has 2 aromatic carbocycles. The lowest BCUT2D eigenvalue weighted by Gasteiger charge is -2.07. The molecule has 0 saturated carbocycles. The van der Waals surface area contributed by atoms with Crippen molar-refractivity contribution in [2.24, 2.45) is 0 Å². The smallest absolute Gasteiger partial charge is 0.231 e. The molecule has 29 heavy (non-hydrogen) atoms. The van der Waals surface area contributed by atoms with Gasteiger partial charge in [-0.05, 0) is 42.3 Å². The summed E-state index contributed by atoms with van der Waals surface area (Å²) in [4.78, 5) is 13.0. The van der Waals surface area contributed by atoms with Crippen molar-refractivity contribution >= 4 is 22.9 Å². The summed E-state index contributed by atoms with van der Waals surface area (Å²) in [7, 11) is 0. The van der Waals surface area contributed by atoms with Crippen molar-refractivity contribution in [1.29, 1.82) is 5.41 Å². The summed E-state index contributed by atoms with van der Waals surface area (Å²) in [6.45, 7) is 0.852. The van der Waals surface area contributed by atoms with Crippen LogP contribution < -0.4 is 15.0 Å². The second kappa shape index (κ2) is 7.25. The number of rotatable bonds is 5. The van der Waals surface area contributed by atoms with E-state index in [4.69, 9.17) is 14.9 Å². The Bertz CT molecular complexity index is 1250. The maximum absolute atomic E-state index is 13.1. The minimum atomic E-state index is -0.249. The first-order valence-corrected chi connectivity index (χ1v) is 9.79. The molecule has 9 heteroatoms. The van der Waals surface area contributed by atoms with Crippen LogP contribution in [-0.2, 0) is 13.0 Å². The zero-order valence-corrected chi connectivity index (χ0v) is 16.0. The lowest BCUT2D eigenvalue weighted by Crippen LogP contribution is -2.13. The SMILES string of the molecule is N=c1ncn(CCc2ccc(F)cc2)c2nc(Sc3ccc4c(c3)OCO4)[nH]c12. The van der Waals surface area contributed by atoms with Gasteiger partial charge in [-0.25, -0.2) is 14.4 Å². The van der Waals surface area contributed by atoms with E-state index in [1.54, 1.807) is 18.5 Å². The highest BCUT2D eigenvalue weighted by Crippen LogP contribution is 2.37. The highest BCUT2D eigenvalue weighted by molar-refractivity contribution is 7.99. The van der Waals surface area contributed by atoms with Crippen LogP contribution in [0.25, 0.3) is 11.2 Å². The number of aromatic amines is 1. The molecule has 0 radical (unpaired) electrons. The van der Waals surface area contributed by atoms with Crippen molar-refractivity contribution in [3.63, 3.8) is 0 Å². The predicted octanol–water partition coefficient (Wildman–Crippen LogP) is 3.50. The second-order valence-corrected chi connectivity index (χ2v) is 7.58. The first-order chi connectivity index (χ1) is 14.2. The number of ether oxygens (including phenoxy) is 2. The highest BCUT2D eigenvalue weighted by atomic mass is 32.2. The van der Waals surface area contributed by atoms with Gasteiger partial charge in [0.2, 0.25) is 6.79 Å². The normalized spacial score (nSPS) is 12.6. The number of imidazole rings is 1. The number of fused-ring (bicyclic) bond motifs is 2. The van der Waals surface area contributed by atoms with Crippen LogP contribution in [0.1, 0.15) is 5.56 Å². The van der Waals surface area contributed by atoms with Crippen molar-refractivity contribution in [3.05, 3.63) is 65.7 Å². The molecule has 2 aromatic heterocycles. The van der Waals surface area contributed by atoms with Gasteiger partial charge < -0.3 is 19.0 Å². The Labute approximate surface area is 169 Å². The van der Waals surface area contributed by atoms with Crippen LogP contribution >= 0.6 is 11.8 Å². The van der Waals surface area contributed by atoms with Crippen molar-refractivity contribution < 1.29 is 13.9 Å². The summed E-state index contributed by atoms with van der Waals surface area (Å²) >= 11 is 1.44. The fraction of sp³-hybridized carbons (Fsp3) is 0.150. The number of hydrogen-bond acceptors (Lipinski definition) is 6. The molecule has 1 aliphatic heterocycles. The van der Waals surface area contributed by atoms with Gasteiger partial charge in [-0.1, -0.05) is 23.9 Å². The molecule has 0 aliphatic carbocycles. The summed E-state index contributed by atoms with van der Waals surface area (Å²) in [5.74, 6) is 1.19. The van der Waals surface area contributed by atoms with E-state index in [1.807, 2.05) is 22.8 Å². The lowest BCUT2D eigenvalue weighted by atomic mass is 10.1. The summed E-state index contributed by atoms with van der Waals surface area (Å²) < 4.78 is 25.8. The Hall–Kier alpha value is -3.33. The number of halogens is 1. The zero-order valence-electron chi connectivity index (χ0n) is 15.2. The van der Waals surface area contributed by atoms with Crippen LogP contribution in [0.15, 0.2) is 58.8 Å². The molecule has 0 unspecified atom stereocenters. The van der Waals surface area contributed by atoms with Crippen LogP contribution in [-0.4, -0.2) is 26.3 Å². The van der Waals surface area contributed by atoms with Gasteiger partial charge in [-0.3, -0.25) is 5.41 Å². The van der Waals surface area contributed by atoms with E-state index in [-0.39, 0.29) is 18.1 Å². The molecule has 5 rings (SSSR count). The number of H-pyrrole nitrogens is 1. The molecule has 7 nitrogen and oxygen atoms in total. The molecule has 0 fully saturated rings. The molecule has 146 valence electrons. The van der Waals surface area contributed by atoms with Crippen LogP contribution in [0, 0.1) is 11.2 Å². The summed E-state index contributed by atoms with van der Waals surface area (Å²) in [6.07, 6.45) is 2.32. The van der Waals surface area contributed by atoms with Gasteiger partial charge in [0.05, 0.1) is 6.33 Å². The van der Waals surface area contributed by atoms with Crippen molar-refractivity contribution in [2.45, 2.75) is 23.0 Å². The summed E-state index contributed by atoms with van der Waals surface area (Å²) in [6, 6.07) is 12.2. The monoisotopic (exact) mass is 409 g/mol. The summed E-state index contributed by atoms with van der Waals surface area (Å²) in [5, 5.41) is 8.75. The largest absolute Gasteiger partial charge is 0.454 e. The van der Waals surface area contributed by atoms with Gasteiger partial charge >= 0.3 is 0 Å². The molecule has 3 heterocycles. The maximum Gasteiger partial charge on any atom is 0.231 e. The minimum Gasteiger partial charge on any atom is -0.454 e. The van der Waals surface area contributed by atoms with Gasteiger partial charge in [0.25, 0.3) is 0 Å². The van der Waals surface area contributed by atoms with E-state index in [2.05, 4.69) is 15.0 Å². The first-order valence-electron chi connectivity index (χ1n) is 8.97. The molecule has 0 saturated heterocycles. The summed E-state index contributed by atoms with van der Waals surface area (Å²) in [5.41, 5.74) is 2.40. The number of nitrogens with one attached hydrogen (secondary N) is 2. The van der Waals surface area contributed by atoms with E-state index >= 15 is 0 Å². The van der Waals surface area contributed by atoms with Gasteiger partial charge in [0.1, 0.15) is 11.3 Å². The number of aromatic nitrogens is 4. The number of benzene rings is 2. The molecule has 0 bridgehead atoms. The van der Waals surface area contributed by atoms with Crippen molar-refractivity contribution in [1.82, 2.24) is 19.5 Å². The number of nitrogens with zero attached hydrogens (tertiary/aromatic N) is 3. The van der Waals surface area contributed by atoms with E-state index in [1.165, 1.54) is 23.9 Å². The number of hydrogen-bond donors (Lipinski definition) is 2. The molecule has 0 spiro atoms. The lowest BCUT2D eigenvalue weighted by molar-refractivity contribution is 0.174. The second-order valence-electron chi connectivity index (χ2n) is 6.52.